The minimum Gasteiger partial charge on any atom is -0.353 e. The molecule has 2 aromatic rings. The molecule has 1 aromatic heterocycles. The Morgan fingerprint density at radius 3 is 2.46 bits per heavy atom. The molecular formula is C20H27N5O. The van der Waals surface area contributed by atoms with Crippen LogP contribution in [0.25, 0.3) is 0 Å². The minimum absolute atomic E-state index is 0.0459. The van der Waals surface area contributed by atoms with E-state index in [1.54, 1.807) is 18.6 Å². The third kappa shape index (κ3) is 4.79. The number of piperazine rings is 1. The SMILES string of the molecule is CC(C)[C@@H](NC(=O)CN1CCN(c2cnccn2)CC1)c1ccccc1. The molecule has 1 N–H and O–H groups in total. The van der Waals surface area contributed by atoms with Gasteiger partial charge in [0.25, 0.3) is 0 Å². The van der Waals surface area contributed by atoms with Gasteiger partial charge < -0.3 is 10.2 Å². The number of nitrogens with zero attached hydrogens (tertiary/aromatic N) is 4. The Kier molecular flexibility index (Phi) is 6.17. The van der Waals surface area contributed by atoms with Gasteiger partial charge in [-0.25, -0.2) is 4.98 Å². The number of nitrogens with one attached hydrogen (secondary N) is 1. The average molecular weight is 353 g/mol. The molecule has 0 saturated carbocycles. The van der Waals surface area contributed by atoms with Gasteiger partial charge in [-0.3, -0.25) is 14.7 Å². The highest BCUT2D eigenvalue weighted by Gasteiger charge is 2.22. The zero-order valence-corrected chi connectivity index (χ0v) is 15.5. The molecule has 1 saturated heterocycles. The summed E-state index contributed by atoms with van der Waals surface area (Å²) >= 11 is 0. The summed E-state index contributed by atoms with van der Waals surface area (Å²) in [6, 6.07) is 10.2. The first kappa shape index (κ1) is 18.3. The summed E-state index contributed by atoms with van der Waals surface area (Å²) in [5, 5.41) is 3.21. The summed E-state index contributed by atoms with van der Waals surface area (Å²) in [5.41, 5.74) is 1.16. The minimum atomic E-state index is 0.0459. The summed E-state index contributed by atoms with van der Waals surface area (Å²) in [4.78, 5) is 25.4. The molecule has 6 heteroatoms. The van der Waals surface area contributed by atoms with Gasteiger partial charge in [-0.15, -0.1) is 0 Å². The second-order valence-corrected chi connectivity index (χ2v) is 7.03. The summed E-state index contributed by atoms with van der Waals surface area (Å²) in [6.07, 6.45) is 5.18. The number of anilines is 1. The number of carbonyl (C=O) groups excluding carboxylic acids is 1. The number of hydrogen-bond acceptors (Lipinski definition) is 5. The summed E-state index contributed by atoms with van der Waals surface area (Å²) in [7, 11) is 0. The number of amides is 1. The van der Waals surface area contributed by atoms with Gasteiger partial charge in [-0.1, -0.05) is 44.2 Å². The fourth-order valence-electron chi connectivity index (χ4n) is 3.31. The summed E-state index contributed by atoms with van der Waals surface area (Å²) in [5.74, 6) is 1.33. The number of hydrogen-bond donors (Lipinski definition) is 1. The Hall–Kier alpha value is -2.47. The van der Waals surface area contributed by atoms with Crippen LogP contribution in [0.15, 0.2) is 48.9 Å². The van der Waals surface area contributed by atoms with Crippen molar-refractivity contribution in [1.29, 1.82) is 0 Å². The van der Waals surface area contributed by atoms with Crippen molar-refractivity contribution in [2.75, 3.05) is 37.6 Å². The predicted molar refractivity (Wildman–Crippen MR) is 103 cm³/mol. The third-order valence-electron chi connectivity index (χ3n) is 4.75. The Morgan fingerprint density at radius 1 is 1.12 bits per heavy atom. The van der Waals surface area contributed by atoms with E-state index in [1.807, 2.05) is 18.2 Å². The van der Waals surface area contributed by atoms with E-state index >= 15 is 0 Å². The maximum Gasteiger partial charge on any atom is 0.234 e. The molecule has 0 bridgehead atoms. The first-order chi connectivity index (χ1) is 12.6. The first-order valence-corrected chi connectivity index (χ1v) is 9.21. The quantitative estimate of drug-likeness (QED) is 0.862. The lowest BCUT2D eigenvalue weighted by Gasteiger charge is -2.35. The molecular weight excluding hydrogens is 326 g/mol. The smallest absolute Gasteiger partial charge is 0.234 e. The van der Waals surface area contributed by atoms with Crippen LogP contribution < -0.4 is 10.2 Å². The molecule has 1 aliphatic heterocycles. The molecule has 1 atom stereocenters. The monoisotopic (exact) mass is 353 g/mol. The van der Waals surface area contributed by atoms with Gasteiger partial charge in [0.2, 0.25) is 5.91 Å². The lowest BCUT2D eigenvalue weighted by atomic mass is 9.96. The van der Waals surface area contributed by atoms with E-state index in [0.29, 0.717) is 12.5 Å². The third-order valence-corrected chi connectivity index (χ3v) is 4.75. The van der Waals surface area contributed by atoms with Crippen molar-refractivity contribution >= 4 is 11.7 Å². The second-order valence-electron chi connectivity index (χ2n) is 7.03. The highest BCUT2D eigenvalue weighted by Crippen LogP contribution is 2.21. The second kappa shape index (κ2) is 8.76. The molecule has 1 aromatic carbocycles. The van der Waals surface area contributed by atoms with Crippen LogP contribution in [0.2, 0.25) is 0 Å². The van der Waals surface area contributed by atoms with Gasteiger partial charge in [0.1, 0.15) is 5.82 Å². The highest BCUT2D eigenvalue weighted by molar-refractivity contribution is 5.78. The number of rotatable bonds is 6. The molecule has 138 valence electrons. The van der Waals surface area contributed by atoms with Crippen LogP contribution in [0.5, 0.6) is 0 Å². The van der Waals surface area contributed by atoms with Crippen molar-refractivity contribution in [2.24, 2.45) is 5.92 Å². The van der Waals surface area contributed by atoms with E-state index in [9.17, 15) is 4.79 Å². The van der Waals surface area contributed by atoms with Gasteiger partial charge in [0.05, 0.1) is 18.8 Å². The van der Waals surface area contributed by atoms with E-state index in [1.165, 1.54) is 0 Å². The standard InChI is InChI=1S/C20H27N5O/c1-16(2)20(17-6-4-3-5-7-17)23-19(26)15-24-10-12-25(13-11-24)18-14-21-8-9-22-18/h3-9,14,16,20H,10-13,15H2,1-2H3,(H,23,26)/t20-/m1/s1. The van der Waals surface area contributed by atoms with Crippen molar-refractivity contribution in [3.05, 3.63) is 54.5 Å². The lowest BCUT2D eigenvalue weighted by molar-refractivity contribution is -0.123. The van der Waals surface area contributed by atoms with Crippen LogP contribution in [0.4, 0.5) is 5.82 Å². The molecule has 0 unspecified atom stereocenters. The van der Waals surface area contributed by atoms with Crippen molar-refractivity contribution < 1.29 is 4.79 Å². The fourth-order valence-corrected chi connectivity index (χ4v) is 3.31. The molecule has 0 aliphatic carbocycles. The number of aromatic nitrogens is 2. The highest BCUT2D eigenvalue weighted by atomic mass is 16.2. The van der Waals surface area contributed by atoms with Crippen molar-refractivity contribution in [1.82, 2.24) is 20.2 Å². The molecule has 0 spiro atoms. The zero-order valence-electron chi connectivity index (χ0n) is 15.5. The average Bonchev–Trinajstić information content (AvgIpc) is 2.68. The van der Waals surface area contributed by atoms with E-state index in [-0.39, 0.29) is 11.9 Å². The Morgan fingerprint density at radius 2 is 1.85 bits per heavy atom. The fraction of sp³-hybridized carbons (Fsp3) is 0.450. The van der Waals surface area contributed by atoms with Crippen molar-refractivity contribution in [3.8, 4) is 0 Å². The molecule has 1 fully saturated rings. The van der Waals surface area contributed by atoms with Gasteiger partial charge >= 0.3 is 0 Å². The van der Waals surface area contributed by atoms with E-state index < -0.39 is 0 Å². The normalized spacial score (nSPS) is 16.5. The van der Waals surface area contributed by atoms with Gasteiger partial charge in [-0.05, 0) is 11.5 Å². The molecule has 1 aliphatic rings. The molecule has 1 amide bonds. The van der Waals surface area contributed by atoms with Crippen LogP contribution in [0.3, 0.4) is 0 Å². The largest absolute Gasteiger partial charge is 0.353 e. The van der Waals surface area contributed by atoms with Gasteiger partial charge in [0.15, 0.2) is 0 Å². The number of benzene rings is 1. The van der Waals surface area contributed by atoms with Crippen LogP contribution in [0, 0.1) is 5.92 Å². The molecule has 6 nitrogen and oxygen atoms in total. The lowest BCUT2D eigenvalue weighted by Crippen LogP contribution is -2.50. The van der Waals surface area contributed by atoms with Crippen LogP contribution in [0.1, 0.15) is 25.5 Å². The van der Waals surface area contributed by atoms with E-state index in [0.717, 1.165) is 37.6 Å². The Bertz CT molecular complexity index is 684. The van der Waals surface area contributed by atoms with Crippen LogP contribution in [-0.4, -0.2) is 53.5 Å². The Balaban J connectivity index is 1.51. The maximum atomic E-state index is 12.6. The van der Waals surface area contributed by atoms with Crippen LogP contribution >= 0.6 is 0 Å². The van der Waals surface area contributed by atoms with Crippen molar-refractivity contribution in [3.63, 3.8) is 0 Å². The maximum absolute atomic E-state index is 12.6. The molecule has 3 rings (SSSR count). The topological polar surface area (TPSA) is 61.4 Å². The van der Waals surface area contributed by atoms with Gasteiger partial charge in [0, 0.05) is 38.6 Å². The van der Waals surface area contributed by atoms with E-state index in [4.69, 9.17) is 0 Å². The zero-order chi connectivity index (χ0) is 18.4. The Labute approximate surface area is 155 Å². The van der Waals surface area contributed by atoms with E-state index in [2.05, 4.69) is 51.1 Å². The first-order valence-electron chi connectivity index (χ1n) is 9.21. The van der Waals surface area contributed by atoms with Crippen LogP contribution in [-0.2, 0) is 4.79 Å². The summed E-state index contributed by atoms with van der Waals surface area (Å²) in [6.45, 7) is 8.12. The molecule has 0 radical (unpaired) electrons. The predicted octanol–water partition coefficient (Wildman–Crippen LogP) is 2.11. The van der Waals surface area contributed by atoms with Gasteiger partial charge in [-0.2, -0.15) is 0 Å². The molecule has 26 heavy (non-hydrogen) atoms. The van der Waals surface area contributed by atoms with Crippen molar-refractivity contribution in [2.45, 2.75) is 19.9 Å². The summed E-state index contributed by atoms with van der Waals surface area (Å²) < 4.78 is 0. The number of carbonyl (C=O) groups is 1. The molecule has 2 heterocycles.